The largest absolute Gasteiger partial charge is 0.302 e. The first-order valence-corrected chi connectivity index (χ1v) is 9.51. The molecular formula is C25H22N2. The molecule has 1 aliphatic heterocycles. The van der Waals surface area contributed by atoms with Crippen LogP contribution in [0.15, 0.2) is 60.7 Å². The Labute approximate surface area is 160 Å². The highest BCUT2D eigenvalue weighted by Gasteiger charge is 2.21. The van der Waals surface area contributed by atoms with E-state index >= 15 is 0 Å². The van der Waals surface area contributed by atoms with Gasteiger partial charge in [0.1, 0.15) is 0 Å². The van der Waals surface area contributed by atoms with Crippen LogP contribution in [0.4, 0.5) is 0 Å². The smallest absolute Gasteiger partial charge is 0.0618 e. The second-order valence-electron chi connectivity index (χ2n) is 7.57. The van der Waals surface area contributed by atoms with Gasteiger partial charge in [-0.2, -0.15) is 0 Å². The highest BCUT2D eigenvalue weighted by atomic mass is 15.1. The molecule has 5 rings (SSSR count). The molecule has 1 aliphatic rings. The minimum Gasteiger partial charge on any atom is -0.302 e. The topological polar surface area (TPSA) is 8.17 Å². The van der Waals surface area contributed by atoms with E-state index in [-0.39, 0.29) is 0 Å². The molecule has 0 spiro atoms. The third-order valence-corrected chi connectivity index (χ3v) is 5.56. The molecule has 3 aromatic carbocycles. The van der Waals surface area contributed by atoms with Crippen LogP contribution in [0.5, 0.6) is 0 Å². The molecule has 0 radical (unpaired) electrons. The van der Waals surface area contributed by atoms with E-state index in [1.165, 1.54) is 38.5 Å². The number of likely N-dealkylation sites (N-methyl/N-ethyl adjacent to an activating group) is 1. The standard InChI is InChI=1S/C25H22N2/c1-18-7-10-24-22(15-18)23-17-26(2)13-12-25(23)27(24)14-11-19-8-9-20-5-3-4-6-21(20)16-19/h3-10,15-16H,12-13,17H2,1-2H3. The summed E-state index contributed by atoms with van der Waals surface area (Å²) in [6.07, 6.45) is 1.05. The normalized spacial score (nSPS) is 14.1. The molecule has 2 nitrogen and oxygen atoms in total. The van der Waals surface area contributed by atoms with Crippen LogP contribution in [0.2, 0.25) is 0 Å². The number of aryl methyl sites for hydroxylation is 1. The van der Waals surface area contributed by atoms with Crippen LogP contribution in [0, 0.1) is 18.9 Å². The van der Waals surface area contributed by atoms with Crippen molar-refractivity contribution in [2.75, 3.05) is 13.6 Å². The molecule has 0 atom stereocenters. The number of hydrogen-bond donors (Lipinski definition) is 0. The van der Waals surface area contributed by atoms with Crippen LogP contribution in [-0.4, -0.2) is 23.1 Å². The number of benzene rings is 3. The van der Waals surface area contributed by atoms with Crippen LogP contribution >= 0.6 is 0 Å². The molecule has 0 saturated carbocycles. The minimum atomic E-state index is 1.000. The van der Waals surface area contributed by atoms with E-state index in [1.54, 1.807) is 0 Å². The molecule has 2 heteroatoms. The predicted octanol–water partition coefficient (Wildman–Crippen LogP) is 4.95. The van der Waals surface area contributed by atoms with E-state index < -0.39 is 0 Å². The Kier molecular flexibility index (Phi) is 3.77. The summed E-state index contributed by atoms with van der Waals surface area (Å²) in [7, 11) is 2.20. The van der Waals surface area contributed by atoms with Crippen LogP contribution in [0.1, 0.15) is 22.4 Å². The zero-order chi connectivity index (χ0) is 18.4. The monoisotopic (exact) mass is 350 g/mol. The second-order valence-corrected chi connectivity index (χ2v) is 7.57. The summed E-state index contributed by atoms with van der Waals surface area (Å²) < 4.78 is 2.23. The van der Waals surface area contributed by atoms with Gasteiger partial charge in [0.25, 0.3) is 0 Å². The summed E-state index contributed by atoms with van der Waals surface area (Å²) in [6, 6.07) is 25.1. The zero-order valence-corrected chi connectivity index (χ0v) is 15.8. The average molecular weight is 350 g/mol. The number of rotatable bonds is 0. The summed E-state index contributed by atoms with van der Waals surface area (Å²) in [5.74, 6) is 3.41. The molecule has 0 fully saturated rings. The molecule has 132 valence electrons. The summed E-state index contributed by atoms with van der Waals surface area (Å²) in [6.45, 7) is 4.25. The lowest BCUT2D eigenvalue weighted by Crippen LogP contribution is -2.27. The van der Waals surface area contributed by atoms with Crippen molar-refractivity contribution in [3.8, 4) is 12.0 Å². The summed E-state index contributed by atoms with van der Waals surface area (Å²) in [4.78, 5) is 2.39. The predicted molar refractivity (Wildman–Crippen MR) is 113 cm³/mol. The van der Waals surface area contributed by atoms with Crippen molar-refractivity contribution in [3.05, 3.63) is 83.0 Å². The van der Waals surface area contributed by atoms with Gasteiger partial charge in [0.2, 0.25) is 0 Å². The van der Waals surface area contributed by atoms with Gasteiger partial charge < -0.3 is 4.90 Å². The maximum Gasteiger partial charge on any atom is 0.0618 e. The zero-order valence-electron chi connectivity index (χ0n) is 15.8. The Morgan fingerprint density at radius 1 is 0.926 bits per heavy atom. The second kappa shape index (κ2) is 6.30. The van der Waals surface area contributed by atoms with E-state index in [1.807, 2.05) is 0 Å². The molecule has 0 aliphatic carbocycles. The van der Waals surface area contributed by atoms with Gasteiger partial charge in [0, 0.05) is 42.2 Å². The van der Waals surface area contributed by atoms with E-state index in [4.69, 9.17) is 0 Å². The number of fused-ring (bicyclic) bond motifs is 4. The fraction of sp³-hybridized carbons (Fsp3) is 0.200. The van der Waals surface area contributed by atoms with Gasteiger partial charge in [-0.1, -0.05) is 42.0 Å². The quantitative estimate of drug-likeness (QED) is 0.408. The van der Waals surface area contributed by atoms with Crippen molar-refractivity contribution in [1.82, 2.24) is 9.47 Å². The molecule has 1 aromatic heterocycles. The van der Waals surface area contributed by atoms with Crippen LogP contribution in [0.3, 0.4) is 0 Å². The maximum atomic E-state index is 3.46. The lowest BCUT2D eigenvalue weighted by atomic mass is 10.0. The summed E-state index contributed by atoms with van der Waals surface area (Å²) in [5.41, 5.74) is 6.41. The van der Waals surface area contributed by atoms with Crippen molar-refractivity contribution in [1.29, 1.82) is 0 Å². The van der Waals surface area contributed by atoms with Crippen molar-refractivity contribution in [2.45, 2.75) is 19.9 Å². The number of hydrogen-bond acceptors (Lipinski definition) is 1. The highest BCUT2D eigenvalue weighted by Crippen LogP contribution is 2.30. The Morgan fingerprint density at radius 2 is 1.78 bits per heavy atom. The first-order valence-electron chi connectivity index (χ1n) is 9.51. The van der Waals surface area contributed by atoms with Crippen molar-refractivity contribution < 1.29 is 0 Å². The third-order valence-electron chi connectivity index (χ3n) is 5.56. The Balaban J connectivity index is 1.66. The number of nitrogens with zero attached hydrogens (tertiary/aromatic N) is 2. The summed E-state index contributed by atoms with van der Waals surface area (Å²) in [5, 5.41) is 3.84. The molecule has 4 aromatic rings. The molecule has 0 unspecified atom stereocenters. The lowest BCUT2D eigenvalue weighted by molar-refractivity contribution is 0.311. The fourth-order valence-electron chi connectivity index (χ4n) is 4.12. The van der Waals surface area contributed by atoms with Gasteiger partial charge in [-0.3, -0.25) is 4.57 Å². The molecule has 0 saturated heterocycles. The molecule has 0 bridgehead atoms. The van der Waals surface area contributed by atoms with Crippen LogP contribution in [0.25, 0.3) is 21.7 Å². The average Bonchev–Trinajstić information content (AvgIpc) is 2.98. The van der Waals surface area contributed by atoms with Gasteiger partial charge in [-0.25, -0.2) is 0 Å². The summed E-state index contributed by atoms with van der Waals surface area (Å²) >= 11 is 0. The molecule has 2 heterocycles. The Bertz CT molecular complexity index is 1230. The first-order chi connectivity index (χ1) is 13.2. The minimum absolute atomic E-state index is 1.000. The molecule has 0 N–H and O–H groups in total. The first kappa shape index (κ1) is 16.2. The van der Waals surface area contributed by atoms with E-state index in [0.717, 1.165) is 25.1 Å². The number of aromatic nitrogens is 1. The van der Waals surface area contributed by atoms with Gasteiger partial charge in [-0.05, 0) is 60.5 Å². The van der Waals surface area contributed by atoms with Crippen LogP contribution in [-0.2, 0) is 13.0 Å². The van der Waals surface area contributed by atoms with Crippen molar-refractivity contribution in [2.24, 2.45) is 0 Å². The molecule has 27 heavy (non-hydrogen) atoms. The fourth-order valence-corrected chi connectivity index (χ4v) is 4.12. The van der Waals surface area contributed by atoms with Gasteiger partial charge in [0.15, 0.2) is 0 Å². The molecular weight excluding hydrogens is 328 g/mol. The lowest BCUT2D eigenvalue weighted by Gasteiger charge is -2.23. The third kappa shape index (κ3) is 2.81. The Morgan fingerprint density at radius 3 is 2.67 bits per heavy atom. The maximum absolute atomic E-state index is 3.46. The van der Waals surface area contributed by atoms with E-state index in [0.29, 0.717) is 0 Å². The Hall–Kier alpha value is -3.02. The van der Waals surface area contributed by atoms with Crippen molar-refractivity contribution >= 4 is 21.7 Å². The highest BCUT2D eigenvalue weighted by molar-refractivity contribution is 5.88. The van der Waals surface area contributed by atoms with Crippen molar-refractivity contribution in [3.63, 3.8) is 0 Å². The van der Waals surface area contributed by atoms with Gasteiger partial charge in [0.05, 0.1) is 5.52 Å². The van der Waals surface area contributed by atoms with Crippen LogP contribution < -0.4 is 0 Å². The van der Waals surface area contributed by atoms with Gasteiger partial charge in [-0.15, -0.1) is 0 Å². The SMILES string of the molecule is Cc1ccc2c(c1)c1c(n2C#Cc2ccc3ccccc3c2)CCN(C)C1. The van der Waals surface area contributed by atoms with Gasteiger partial charge >= 0.3 is 0 Å². The molecule has 0 amide bonds. The van der Waals surface area contributed by atoms with E-state index in [9.17, 15) is 0 Å². The van der Waals surface area contributed by atoms with E-state index in [2.05, 4.69) is 96.1 Å².